The van der Waals surface area contributed by atoms with Gasteiger partial charge in [0, 0.05) is 18.6 Å². The number of hydrogen-bond donors (Lipinski definition) is 0. The smallest absolute Gasteiger partial charge is 0 e. The van der Waals surface area contributed by atoms with Crippen LogP contribution in [0.2, 0.25) is 0 Å². The van der Waals surface area contributed by atoms with Gasteiger partial charge in [-0.3, -0.25) is 0 Å². The van der Waals surface area contributed by atoms with Gasteiger partial charge in [-0.2, -0.15) is 0 Å². The maximum atomic E-state index is 3.75. The molecule has 0 amide bonds. The Kier molecular flexibility index (Phi) is 5.13. The molecule has 0 saturated carbocycles. The molecule has 69 valence electrons. The Hall–Kier alpha value is -0.456. The summed E-state index contributed by atoms with van der Waals surface area (Å²) in [4.78, 5) is 0. The number of aryl methyl sites for hydroxylation is 1. The molecule has 0 bridgehead atoms. The molecule has 0 saturated heterocycles. The van der Waals surface area contributed by atoms with Crippen molar-refractivity contribution in [3.8, 4) is 0 Å². The first kappa shape index (κ1) is 12.5. The molecule has 0 nitrogen and oxygen atoms in total. The fourth-order valence-electron chi connectivity index (χ4n) is 1.47. The Morgan fingerprint density at radius 3 is 2.31 bits per heavy atom. The minimum atomic E-state index is 0. The van der Waals surface area contributed by atoms with Gasteiger partial charge in [-0.05, 0) is 29.5 Å². The summed E-state index contributed by atoms with van der Waals surface area (Å²) in [5, 5.41) is 0. The van der Waals surface area contributed by atoms with Crippen LogP contribution in [-0.2, 0) is 18.6 Å². The third kappa shape index (κ3) is 3.06. The van der Waals surface area contributed by atoms with E-state index in [1.165, 1.54) is 16.7 Å². The first-order chi connectivity index (χ1) is 5.65. The van der Waals surface area contributed by atoms with Crippen molar-refractivity contribution < 1.29 is 18.6 Å². The van der Waals surface area contributed by atoms with Gasteiger partial charge in [-0.1, -0.05) is 44.7 Å². The zero-order chi connectivity index (χ0) is 9.14. The molecular weight excluding hydrogens is 195 g/mol. The second-order valence-corrected chi connectivity index (χ2v) is 3.47. The zero-order valence-electron chi connectivity index (χ0n) is 8.54. The van der Waals surface area contributed by atoms with Crippen LogP contribution in [0.4, 0.5) is 0 Å². The van der Waals surface area contributed by atoms with Crippen molar-refractivity contribution in [2.75, 3.05) is 0 Å². The molecule has 0 N–H and O–H groups in total. The van der Waals surface area contributed by atoms with Gasteiger partial charge in [-0.15, -0.1) is 0 Å². The van der Waals surface area contributed by atoms with Gasteiger partial charge in [0.05, 0.1) is 0 Å². The summed E-state index contributed by atoms with van der Waals surface area (Å²) in [5.74, 6) is 0.615. The molecule has 0 aliphatic rings. The molecule has 1 aromatic rings. The van der Waals surface area contributed by atoms with Crippen molar-refractivity contribution in [2.24, 2.45) is 0 Å². The number of rotatable bonds is 2. The van der Waals surface area contributed by atoms with E-state index >= 15 is 0 Å². The largest absolute Gasteiger partial charge is 0.0985 e. The quantitative estimate of drug-likeness (QED) is 0.698. The second-order valence-electron chi connectivity index (χ2n) is 3.47. The summed E-state index contributed by atoms with van der Waals surface area (Å²) in [6, 6.07) is 6.49. The maximum absolute atomic E-state index is 3.75. The van der Waals surface area contributed by atoms with Crippen LogP contribution in [-0.4, -0.2) is 0 Å². The molecule has 0 unspecified atom stereocenters. The molecule has 1 radical (unpaired) electrons. The molecule has 0 heterocycles. The molecule has 0 aromatic heterocycles. The Morgan fingerprint density at radius 1 is 1.31 bits per heavy atom. The zero-order valence-corrected chi connectivity index (χ0v) is 9.94. The predicted molar refractivity (Wildman–Crippen MR) is 55.4 cm³/mol. The minimum absolute atomic E-state index is 0. The fraction of sp³-hybridized carbons (Fsp3) is 0.333. The molecule has 1 rings (SSSR count). The Labute approximate surface area is 92.9 Å². The minimum Gasteiger partial charge on any atom is -0.0985 e. The van der Waals surface area contributed by atoms with Crippen LogP contribution in [0.1, 0.15) is 36.5 Å². The Bertz CT molecular complexity index is 287. The van der Waals surface area contributed by atoms with Crippen LogP contribution in [0.15, 0.2) is 24.8 Å². The molecular formula is C12H16V. The molecule has 1 heteroatoms. The van der Waals surface area contributed by atoms with Crippen molar-refractivity contribution >= 4 is 6.08 Å². The van der Waals surface area contributed by atoms with Gasteiger partial charge in [0.1, 0.15) is 0 Å². The van der Waals surface area contributed by atoms with E-state index in [-0.39, 0.29) is 18.6 Å². The van der Waals surface area contributed by atoms with Crippen molar-refractivity contribution in [1.82, 2.24) is 0 Å². The normalized spacial score (nSPS) is 9.54. The van der Waals surface area contributed by atoms with E-state index in [9.17, 15) is 0 Å². The van der Waals surface area contributed by atoms with Crippen LogP contribution in [0.5, 0.6) is 0 Å². The monoisotopic (exact) mass is 211 g/mol. The van der Waals surface area contributed by atoms with Gasteiger partial charge in [-0.25, -0.2) is 0 Å². The first-order valence-electron chi connectivity index (χ1n) is 4.38. The standard InChI is InChI=1S/C12H16.V/c1-5-11-6-7-12(9(2)3)10(4)8-11;/h5-9H,1H2,2-4H3;. The van der Waals surface area contributed by atoms with Gasteiger partial charge in [0.15, 0.2) is 0 Å². The molecule has 0 fully saturated rings. The van der Waals surface area contributed by atoms with Crippen molar-refractivity contribution in [1.29, 1.82) is 0 Å². The van der Waals surface area contributed by atoms with Gasteiger partial charge in [0.2, 0.25) is 0 Å². The molecule has 0 aliphatic carbocycles. The molecule has 0 spiro atoms. The van der Waals surface area contributed by atoms with Crippen LogP contribution < -0.4 is 0 Å². The summed E-state index contributed by atoms with van der Waals surface area (Å²) >= 11 is 0. The Balaban J connectivity index is 0.00000144. The van der Waals surface area contributed by atoms with E-state index in [1.54, 1.807) is 0 Å². The van der Waals surface area contributed by atoms with Crippen LogP contribution >= 0.6 is 0 Å². The van der Waals surface area contributed by atoms with E-state index in [1.807, 2.05) is 6.08 Å². The SMILES string of the molecule is C=Cc1ccc(C(C)C)c(C)c1.[V]. The van der Waals surface area contributed by atoms with E-state index in [0.29, 0.717) is 5.92 Å². The van der Waals surface area contributed by atoms with E-state index in [0.717, 1.165) is 0 Å². The van der Waals surface area contributed by atoms with E-state index in [2.05, 4.69) is 45.5 Å². The van der Waals surface area contributed by atoms with Crippen LogP contribution in [0, 0.1) is 6.92 Å². The first-order valence-corrected chi connectivity index (χ1v) is 4.38. The maximum Gasteiger partial charge on any atom is 0 e. The molecule has 1 aromatic carbocycles. The Morgan fingerprint density at radius 2 is 1.92 bits per heavy atom. The summed E-state index contributed by atoms with van der Waals surface area (Å²) in [6.45, 7) is 10.3. The average Bonchev–Trinajstić information content (AvgIpc) is 2.03. The third-order valence-electron chi connectivity index (χ3n) is 2.15. The van der Waals surface area contributed by atoms with E-state index in [4.69, 9.17) is 0 Å². The van der Waals surface area contributed by atoms with E-state index < -0.39 is 0 Å². The molecule has 0 aliphatic heterocycles. The summed E-state index contributed by atoms with van der Waals surface area (Å²) in [7, 11) is 0. The summed E-state index contributed by atoms with van der Waals surface area (Å²) in [6.07, 6.45) is 1.89. The van der Waals surface area contributed by atoms with Crippen molar-refractivity contribution in [2.45, 2.75) is 26.7 Å². The van der Waals surface area contributed by atoms with Gasteiger partial charge in [0.25, 0.3) is 0 Å². The molecule has 13 heavy (non-hydrogen) atoms. The van der Waals surface area contributed by atoms with Crippen LogP contribution in [0.3, 0.4) is 0 Å². The fourth-order valence-corrected chi connectivity index (χ4v) is 1.47. The predicted octanol–water partition coefficient (Wildman–Crippen LogP) is 3.76. The molecule has 0 atom stereocenters. The summed E-state index contributed by atoms with van der Waals surface area (Å²) < 4.78 is 0. The van der Waals surface area contributed by atoms with Gasteiger partial charge < -0.3 is 0 Å². The van der Waals surface area contributed by atoms with Crippen molar-refractivity contribution in [3.63, 3.8) is 0 Å². The topological polar surface area (TPSA) is 0 Å². The third-order valence-corrected chi connectivity index (χ3v) is 2.15. The van der Waals surface area contributed by atoms with Gasteiger partial charge >= 0.3 is 0 Å². The number of hydrogen-bond acceptors (Lipinski definition) is 0. The summed E-state index contributed by atoms with van der Waals surface area (Å²) in [5.41, 5.74) is 4.00. The second kappa shape index (κ2) is 5.31. The van der Waals surface area contributed by atoms with Crippen LogP contribution in [0.25, 0.3) is 6.08 Å². The average molecular weight is 211 g/mol. The van der Waals surface area contributed by atoms with Crippen molar-refractivity contribution in [3.05, 3.63) is 41.5 Å². The number of benzene rings is 1.